The van der Waals surface area contributed by atoms with Crippen molar-refractivity contribution < 1.29 is 4.74 Å². The van der Waals surface area contributed by atoms with Gasteiger partial charge in [0.15, 0.2) is 0 Å². The van der Waals surface area contributed by atoms with Gasteiger partial charge in [0.1, 0.15) is 0 Å². The Morgan fingerprint density at radius 3 is 3.10 bits per heavy atom. The van der Waals surface area contributed by atoms with Gasteiger partial charge in [-0.2, -0.15) is 5.10 Å². The predicted octanol–water partition coefficient (Wildman–Crippen LogP) is 3.38. The molecule has 0 saturated carbocycles. The Balaban J connectivity index is 1.90. The third-order valence-corrected chi connectivity index (χ3v) is 4.76. The molecule has 0 aliphatic rings. The summed E-state index contributed by atoms with van der Waals surface area (Å²) in [6, 6.07) is 4.27. The van der Waals surface area contributed by atoms with Gasteiger partial charge in [0, 0.05) is 18.0 Å². The zero-order valence-electron chi connectivity index (χ0n) is 11.6. The molecule has 0 amide bonds. The fourth-order valence-corrected chi connectivity index (χ4v) is 3.53. The molecule has 0 saturated heterocycles. The third-order valence-electron chi connectivity index (χ3n) is 3.21. The van der Waals surface area contributed by atoms with E-state index in [0.717, 1.165) is 36.0 Å². The fourth-order valence-electron chi connectivity index (χ4n) is 2.18. The molecule has 2 aromatic rings. The standard InChI is InChI=1S/C14H20BrN3OS/c1-19-8-7-18-14(12(15)10-17-18)13(16)6-2-4-11-5-3-9-20-11/h3,5,9-10,13H,2,4,6-8,16H2,1H3. The number of thiophene rings is 1. The molecule has 4 nitrogen and oxygen atoms in total. The van der Waals surface area contributed by atoms with Crippen LogP contribution < -0.4 is 5.73 Å². The first-order valence-corrected chi connectivity index (χ1v) is 8.37. The van der Waals surface area contributed by atoms with Crippen molar-refractivity contribution in [2.75, 3.05) is 13.7 Å². The number of nitrogens with zero attached hydrogens (tertiary/aromatic N) is 2. The Morgan fingerprint density at radius 2 is 2.40 bits per heavy atom. The number of hydrogen-bond acceptors (Lipinski definition) is 4. The second kappa shape index (κ2) is 7.93. The molecule has 0 aliphatic carbocycles. The highest BCUT2D eigenvalue weighted by atomic mass is 79.9. The highest BCUT2D eigenvalue weighted by molar-refractivity contribution is 9.10. The average Bonchev–Trinajstić information content (AvgIpc) is 3.06. The fraction of sp³-hybridized carbons (Fsp3) is 0.500. The van der Waals surface area contributed by atoms with Gasteiger partial charge in [-0.3, -0.25) is 4.68 Å². The second-order valence-electron chi connectivity index (χ2n) is 4.67. The molecule has 2 heterocycles. The Hall–Kier alpha value is -0.690. The summed E-state index contributed by atoms with van der Waals surface area (Å²) in [5, 5.41) is 6.46. The van der Waals surface area contributed by atoms with Gasteiger partial charge in [-0.25, -0.2) is 0 Å². The van der Waals surface area contributed by atoms with Crippen molar-refractivity contribution in [2.45, 2.75) is 31.8 Å². The highest BCUT2D eigenvalue weighted by Gasteiger charge is 2.16. The Labute approximate surface area is 132 Å². The molecule has 6 heteroatoms. The van der Waals surface area contributed by atoms with Crippen LogP contribution in [0.2, 0.25) is 0 Å². The van der Waals surface area contributed by atoms with Crippen LogP contribution in [0.1, 0.15) is 29.5 Å². The zero-order valence-corrected chi connectivity index (χ0v) is 14.0. The van der Waals surface area contributed by atoms with E-state index in [1.54, 1.807) is 18.4 Å². The zero-order chi connectivity index (χ0) is 14.4. The van der Waals surface area contributed by atoms with Crippen LogP contribution >= 0.6 is 27.3 Å². The van der Waals surface area contributed by atoms with Crippen LogP contribution in [-0.2, 0) is 17.7 Å². The first-order chi connectivity index (χ1) is 9.72. The summed E-state index contributed by atoms with van der Waals surface area (Å²) in [7, 11) is 1.69. The number of halogens is 1. The van der Waals surface area contributed by atoms with Crippen molar-refractivity contribution in [3.05, 3.63) is 38.8 Å². The molecule has 110 valence electrons. The topological polar surface area (TPSA) is 53.1 Å². The molecule has 0 fully saturated rings. The van der Waals surface area contributed by atoms with Crippen LogP contribution in [0.5, 0.6) is 0 Å². The number of methoxy groups -OCH3 is 1. The maximum atomic E-state index is 6.32. The Kier molecular flexibility index (Phi) is 6.22. The van der Waals surface area contributed by atoms with Crippen LogP contribution in [-0.4, -0.2) is 23.5 Å². The van der Waals surface area contributed by atoms with Crippen LogP contribution in [0.15, 0.2) is 28.2 Å². The second-order valence-corrected chi connectivity index (χ2v) is 6.56. The summed E-state index contributed by atoms with van der Waals surface area (Å²) in [6.45, 7) is 1.37. The summed E-state index contributed by atoms with van der Waals surface area (Å²) >= 11 is 5.34. The normalized spacial score (nSPS) is 12.8. The first kappa shape index (κ1) is 15.7. The highest BCUT2D eigenvalue weighted by Crippen LogP contribution is 2.25. The molecular formula is C14H20BrN3OS. The van der Waals surface area contributed by atoms with Gasteiger partial charge < -0.3 is 10.5 Å². The van der Waals surface area contributed by atoms with E-state index < -0.39 is 0 Å². The lowest BCUT2D eigenvalue weighted by molar-refractivity contribution is 0.182. The average molecular weight is 358 g/mol. The molecule has 0 aliphatic heterocycles. The maximum absolute atomic E-state index is 6.32. The van der Waals surface area contributed by atoms with Crippen molar-refractivity contribution in [2.24, 2.45) is 5.73 Å². The van der Waals surface area contributed by atoms with E-state index in [0.29, 0.717) is 6.61 Å². The van der Waals surface area contributed by atoms with Crippen molar-refractivity contribution in [1.82, 2.24) is 9.78 Å². The molecule has 1 atom stereocenters. The van der Waals surface area contributed by atoms with Crippen LogP contribution in [0.3, 0.4) is 0 Å². The summed E-state index contributed by atoms with van der Waals surface area (Å²) in [6.07, 6.45) is 4.94. The van der Waals surface area contributed by atoms with Gasteiger partial charge in [-0.1, -0.05) is 6.07 Å². The number of nitrogens with two attached hydrogens (primary N) is 1. The lowest BCUT2D eigenvalue weighted by Gasteiger charge is -2.15. The minimum absolute atomic E-state index is 0.00342. The molecule has 0 bridgehead atoms. The molecule has 2 rings (SSSR count). The quantitative estimate of drug-likeness (QED) is 0.787. The lowest BCUT2D eigenvalue weighted by Crippen LogP contribution is -2.18. The Bertz CT molecular complexity index is 512. The van der Waals surface area contributed by atoms with Gasteiger partial charge >= 0.3 is 0 Å². The van der Waals surface area contributed by atoms with Gasteiger partial charge in [0.25, 0.3) is 0 Å². The maximum Gasteiger partial charge on any atom is 0.0694 e. The smallest absolute Gasteiger partial charge is 0.0694 e. The number of aromatic nitrogens is 2. The SMILES string of the molecule is COCCn1ncc(Br)c1C(N)CCCc1cccs1. The molecule has 2 N–H and O–H groups in total. The number of rotatable bonds is 8. The minimum Gasteiger partial charge on any atom is -0.383 e. The third kappa shape index (κ3) is 4.15. The minimum atomic E-state index is 0.00342. The van der Waals surface area contributed by atoms with Crippen molar-refractivity contribution in [1.29, 1.82) is 0 Å². The largest absolute Gasteiger partial charge is 0.383 e. The van der Waals surface area contributed by atoms with Crippen molar-refractivity contribution in [3.63, 3.8) is 0 Å². The number of ether oxygens (including phenoxy) is 1. The van der Waals surface area contributed by atoms with E-state index in [2.05, 4.69) is 38.5 Å². The lowest BCUT2D eigenvalue weighted by atomic mass is 10.1. The van der Waals surface area contributed by atoms with Gasteiger partial charge in [-0.15, -0.1) is 11.3 Å². The van der Waals surface area contributed by atoms with Gasteiger partial charge in [0.2, 0.25) is 0 Å². The monoisotopic (exact) mass is 357 g/mol. The Morgan fingerprint density at radius 1 is 1.55 bits per heavy atom. The summed E-state index contributed by atoms with van der Waals surface area (Å²) in [5.41, 5.74) is 7.39. The van der Waals surface area contributed by atoms with Crippen LogP contribution in [0.25, 0.3) is 0 Å². The van der Waals surface area contributed by atoms with E-state index in [1.165, 1.54) is 4.88 Å². The summed E-state index contributed by atoms with van der Waals surface area (Å²) in [5.74, 6) is 0. The van der Waals surface area contributed by atoms with Crippen LogP contribution in [0, 0.1) is 0 Å². The first-order valence-electron chi connectivity index (χ1n) is 6.70. The van der Waals surface area contributed by atoms with Crippen molar-refractivity contribution >= 4 is 27.3 Å². The molecule has 0 radical (unpaired) electrons. The number of hydrogen-bond donors (Lipinski definition) is 1. The van der Waals surface area contributed by atoms with E-state index in [4.69, 9.17) is 10.5 Å². The molecule has 0 spiro atoms. The van der Waals surface area contributed by atoms with E-state index in [1.807, 2.05) is 10.9 Å². The molecule has 20 heavy (non-hydrogen) atoms. The van der Waals surface area contributed by atoms with E-state index >= 15 is 0 Å². The van der Waals surface area contributed by atoms with Gasteiger partial charge in [0.05, 0.1) is 29.5 Å². The predicted molar refractivity (Wildman–Crippen MR) is 86.0 cm³/mol. The molecular weight excluding hydrogens is 338 g/mol. The summed E-state index contributed by atoms with van der Waals surface area (Å²) in [4.78, 5) is 1.42. The van der Waals surface area contributed by atoms with Gasteiger partial charge in [-0.05, 0) is 46.6 Å². The molecule has 2 aromatic heterocycles. The summed E-state index contributed by atoms with van der Waals surface area (Å²) < 4.78 is 8.02. The molecule has 0 aromatic carbocycles. The van der Waals surface area contributed by atoms with E-state index in [-0.39, 0.29) is 6.04 Å². The van der Waals surface area contributed by atoms with Crippen LogP contribution in [0.4, 0.5) is 0 Å². The van der Waals surface area contributed by atoms with E-state index in [9.17, 15) is 0 Å². The molecule has 1 unspecified atom stereocenters. The number of aryl methyl sites for hydroxylation is 1. The van der Waals surface area contributed by atoms with Crippen molar-refractivity contribution in [3.8, 4) is 0 Å².